The topological polar surface area (TPSA) is 50.5 Å². The van der Waals surface area contributed by atoms with Crippen molar-refractivity contribution >= 4 is 0 Å². The lowest BCUT2D eigenvalue weighted by molar-refractivity contribution is -0.0476. The van der Waals surface area contributed by atoms with Crippen molar-refractivity contribution in [3.05, 3.63) is 0 Å². The van der Waals surface area contributed by atoms with E-state index in [9.17, 15) is 0 Å². The first-order chi connectivity index (χ1) is 7.29. The number of nitrogens with one attached hydrogen (secondary N) is 1. The van der Waals surface area contributed by atoms with E-state index in [2.05, 4.69) is 17.1 Å². The molecule has 2 saturated heterocycles. The van der Waals surface area contributed by atoms with E-state index in [1.165, 1.54) is 19.4 Å². The molecular formula is C11H23N3O. The van der Waals surface area contributed by atoms with Crippen molar-refractivity contribution in [2.75, 3.05) is 32.8 Å². The maximum Gasteiger partial charge on any atom is 0.0827 e. The van der Waals surface area contributed by atoms with Crippen LogP contribution < -0.4 is 11.1 Å². The quantitative estimate of drug-likeness (QED) is 0.678. The Kier molecular flexibility index (Phi) is 3.97. The van der Waals surface area contributed by atoms with Crippen molar-refractivity contribution < 1.29 is 4.74 Å². The van der Waals surface area contributed by atoms with E-state index in [-0.39, 0.29) is 0 Å². The van der Waals surface area contributed by atoms with Crippen molar-refractivity contribution in [3.63, 3.8) is 0 Å². The van der Waals surface area contributed by atoms with Gasteiger partial charge in [0.05, 0.1) is 12.7 Å². The molecule has 15 heavy (non-hydrogen) atoms. The van der Waals surface area contributed by atoms with E-state index in [4.69, 9.17) is 10.5 Å². The van der Waals surface area contributed by atoms with E-state index >= 15 is 0 Å². The van der Waals surface area contributed by atoms with Gasteiger partial charge in [0.1, 0.15) is 0 Å². The van der Waals surface area contributed by atoms with Gasteiger partial charge < -0.3 is 15.8 Å². The van der Waals surface area contributed by atoms with Crippen LogP contribution in [0.5, 0.6) is 0 Å². The molecule has 0 spiro atoms. The zero-order valence-electron chi connectivity index (χ0n) is 9.61. The Labute approximate surface area is 92.1 Å². The van der Waals surface area contributed by atoms with Gasteiger partial charge in [0.25, 0.3) is 0 Å². The number of fused-ring (bicyclic) bond motifs is 1. The summed E-state index contributed by atoms with van der Waals surface area (Å²) < 4.78 is 5.84. The maximum absolute atomic E-state index is 5.84. The van der Waals surface area contributed by atoms with Crippen molar-refractivity contribution in [1.82, 2.24) is 10.2 Å². The van der Waals surface area contributed by atoms with Crippen molar-refractivity contribution in [2.24, 2.45) is 5.73 Å². The van der Waals surface area contributed by atoms with Crippen LogP contribution in [0.2, 0.25) is 0 Å². The number of rotatable bonds is 4. The van der Waals surface area contributed by atoms with Crippen LogP contribution >= 0.6 is 0 Å². The molecule has 2 aliphatic heterocycles. The molecule has 0 aromatic rings. The molecular weight excluding hydrogens is 190 g/mol. The molecule has 0 aliphatic carbocycles. The first-order valence-electron chi connectivity index (χ1n) is 6.08. The Bertz CT molecular complexity index is 200. The zero-order chi connectivity index (χ0) is 10.7. The van der Waals surface area contributed by atoms with Gasteiger partial charge in [-0.3, -0.25) is 4.90 Å². The van der Waals surface area contributed by atoms with Crippen LogP contribution in [0.15, 0.2) is 0 Å². The largest absolute Gasteiger partial charge is 0.374 e. The molecule has 0 radical (unpaired) electrons. The van der Waals surface area contributed by atoms with E-state index in [0.717, 1.165) is 19.7 Å². The molecule has 0 aromatic heterocycles. The summed E-state index contributed by atoms with van der Waals surface area (Å²) in [6.07, 6.45) is 3.01. The SMILES string of the molecule is CC(CN)NCC1CN2CCCC2CO1. The van der Waals surface area contributed by atoms with Gasteiger partial charge in [0.15, 0.2) is 0 Å². The summed E-state index contributed by atoms with van der Waals surface area (Å²) in [6, 6.07) is 1.10. The second-order valence-corrected chi connectivity index (χ2v) is 4.79. The Morgan fingerprint density at radius 3 is 3.27 bits per heavy atom. The van der Waals surface area contributed by atoms with E-state index in [0.29, 0.717) is 24.7 Å². The second kappa shape index (κ2) is 5.25. The molecule has 0 aromatic carbocycles. The highest BCUT2D eigenvalue weighted by Crippen LogP contribution is 2.22. The molecule has 2 fully saturated rings. The van der Waals surface area contributed by atoms with Crippen molar-refractivity contribution in [2.45, 2.75) is 38.0 Å². The highest BCUT2D eigenvalue weighted by Gasteiger charge is 2.31. The van der Waals surface area contributed by atoms with Crippen LogP contribution in [0.3, 0.4) is 0 Å². The monoisotopic (exact) mass is 213 g/mol. The molecule has 2 aliphatic rings. The van der Waals surface area contributed by atoms with Crippen LogP contribution in [0, 0.1) is 0 Å². The standard InChI is InChI=1S/C11H23N3O/c1-9(5-12)13-6-11-7-14-4-2-3-10(14)8-15-11/h9-11,13H,2-8,12H2,1H3. The third-order valence-electron chi connectivity index (χ3n) is 3.51. The molecule has 4 heteroatoms. The summed E-state index contributed by atoms with van der Waals surface area (Å²) >= 11 is 0. The number of ether oxygens (including phenoxy) is 1. The molecule has 0 bridgehead atoms. The fourth-order valence-corrected chi connectivity index (χ4v) is 2.43. The van der Waals surface area contributed by atoms with Gasteiger partial charge in [-0.25, -0.2) is 0 Å². The number of morpholine rings is 1. The van der Waals surface area contributed by atoms with Gasteiger partial charge in [-0.15, -0.1) is 0 Å². The Hall–Kier alpha value is -0.160. The highest BCUT2D eigenvalue weighted by atomic mass is 16.5. The zero-order valence-corrected chi connectivity index (χ0v) is 9.61. The minimum absolute atomic E-state index is 0.355. The summed E-state index contributed by atoms with van der Waals surface area (Å²) in [4.78, 5) is 2.57. The molecule has 2 rings (SSSR count). The Morgan fingerprint density at radius 1 is 1.60 bits per heavy atom. The first kappa shape index (κ1) is 11.3. The summed E-state index contributed by atoms with van der Waals surface area (Å²) in [5.41, 5.74) is 5.56. The van der Waals surface area contributed by atoms with Gasteiger partial charge in [-0.2, -0.15) is 0 Å². The summed E-state index contributed by atoms with van der Waals surface area (Å²) in [5.74, 6) is 0. The van der Waals surface area contributed by atoms with E-state index in [1.807, 2.05) is 0 Å². The minimum atomic E-state index is 0.355. The number of nitrogens with two attached hydrogens (primary N) is 1. The number of nitrogens with zero attached hydrogens (tertiary/aromatic N) is 1. The first-order valence-corrected chi connectivity index (χ1v) is 6.08. The second-order valence-electron chi connectivity index (χ2n) is 4.79. The Morgan fingerprint density at radius 2 is 2.47 bits per heavy atom. The van der Waals surface area contributed by atoms with Gasteiger partial charge >= 0.3 is 0 Å². The molecule has 3 N–H and O–H groups in total. The molecule has 88 valence electrons. The van der Waals surface area contributed by atoms with Gasteiger partial charge in [0, 0.05) is 31.7 Å². The smallest absolute Gasteiger partial charge is 0.0827 e. The Balaban J connectivity index is 1.71. The lowest BCUT2D eigenvalue weighted by Crippen LogP contribution is -2.50. The third kappa shape index (κ3) is 2.91. The van der Waals surface area contributed by atoms with Crippen LogP contribution in [-0.2, 0) is 4.74 Å². The normalized spacial score (nSPS) is 34.0. The van der Waals surface area contributed by atoms with Crippen LogP contribution in [0.25, 0.3) is 0 Å². The fraction of sp³-hybridized carbons (Fsp3) is 1.00. The molecule has 4 nitrogen and oxygen atoms in total. The van der Waals surface area contributed by atoms with Gasteiger partial charge in [-0.05, 0) is 26.3 Å². The van der Waals surface area contributed by atoms with Crippen LogP contribution in [-0.4, -0.2) is 55.9 Å². The summed E-state index contributed by atoms with van der Waals surface area (Å²) in [6.45, 7) is 7.01. The predicted octanol–water partition coefficient (Wildman–Crippen LogP) is -0.214. The molecule has 0 saturated carbocycles. The van der Waals surface area contributed by atoms with E-state index < -0.39 is 0 Å². The predicted molar refractivity (Wildman–Crippen MR) is 60.9 cm³/mol. The van der Waals surface area contributed by atoms with Crippen LogP contribution in [0.4, 0.5) is 0 Å². The summed E-state index contributed by atoms with van der Waals surface area (Å²) in [7, 11) is 0. The van der Waals surface area contributed by atoms with Gasteiger partial charge in [0.2, 0.25) is 0 Å². The average molecular weight is 213 g/mol. The lowest BCUT2D eigenvalue weighted by Gasteiger charge is -2.35. The highest BCUT2D eigenvalue weighted by molar-refractivity contribution is 4.86. The van der Waals surface area contributed by atoms with Crippen molar-refractivity contribution in [3.8, 4) is 0 Å². The minimum Gasteiger partial charge on any atom is -0.374 e. The van der Waals surface area contributed by atoms with Crippen molar-refractivity contribution in [1.29, 1.82) is 0 Å². The molecule has 3 atom stereocenters. The maximum atomic E-state index is 5.84. The molecule has 2 heterocycles. The molecule has 0 amide bonds. The average Bonchev–Trinajstić information content (AvgIpc) is 2.72. The lowest BCUT2D eigenvalue weighted by atomic mass is 10.2. The fourth-order valence-electron chi connectivity index (χ4n) is 2.43. The van der Waals surface area contributed by atoms with E-state index in [1.54, 1.807) is 0 Å². The van der Waals surface area contributed by atoms with Crippen LogP contribution in [0.1, 0.15) is 19.8 Å². The third-order valence-corrected chi connectivity index (χ3v) is 3.51. The number of hydrogen-bond donors (Lipinski definition) is 2. The number of hydrogen-bond acceptors (Lipinski definition) is 4. The summed E-state index contributed by atoms with van der Waals surface area (Å²) in [5, 5.41) is 3.41. The molecule has 3 unspecified atom stereocenters. The van der Waals surface area contributed by atoms with Gasteiger partial charge in [-0.1, -0.05) is 0 Å².